The molecule has 6 nitrogen and oxygen atoms in total. The standard InChI is InChI=1S/C12H21N3O3/c1-3-17-12(18-4-2)11-8-15(14-13-11)7-10-5-6-16-9-10/h8,10,12H,3-7,9H2,1-2H3. The van der Waals surface area contributed by atoms with Crippen molar-refractivity contribution in [3.63, 3.8) is 0 Å². The van der Waals surface area contributed by atoms with Gasteiger partial charge in [-0.25, -0.2) is 0 Å². The van der Waals surface area contributed by atoms with Crippen LogP contribution in [0.3, 0.4) is 0 Å². The van der Waals surface area contributed by atoms with Crippen molar-refractivity contribution in [1.82, 2.24) is 15.0 Å². The van der Waals surface area contributed by atoms with E-state index in [-0.39, 0.29) is 0 Å². The lowest BCUT2D eigenvalue weighted by Gasteiger charge is -2.13. The summed E-state index contributed by atoms with van der Waals surface area (Å²) in [5.74, 6) is 0.539. The third-order valence-corrected chi connectivity index (χ3v) is 2.90. The first kappa shape index (κ1) is 13.5. The number of rotatable bonds is 7. The highest BCUT2D eigenvalue weighted by molar-refractivity contribution is 4.94. The van der Waals surface area contributed by atoms with Crippen LogP contribution >= 0.6 is 0 Å². The number of aromatic nitrogens is 3. The Kier molecular flexibility index (Phi) is 5.10. The van der Waals surface area contributed by atoms with Gasteiger partial charge in [0.2, 0.25) is 6.29 Å². The summed E-state index contributed by atoms with van der Waals surface area (Å²) >= 11 is 0. The van der Waals surface area contributed by atoms with Gasteiger partial charge in [-0.2, -0.15) is 0 Å². The minimum atomic E-state index is -0.409. The molecular formula is C12H21N3O3. The molecule has 0 N–H and O–H groups in total. The molecule has 6 heteroatoms. The van der Waals surface area contributed by atoms with Crippen molar-refractivity contribution >= 4 is 0 Å². The fraction of sp³-hybridized carbons (Fsp3) is 0.833. The van der Waals surface area contributed by atoms with Crippen molar-refractivity contribution < 1.29 is 14.2 Å². The Balaban J connectivity index is 1.94. The Morgan fingerprint density at radius 1 is 1.44 bits per heavy atom. The highest BCUT2D eigenvalue weighted by atomic mass is 16.7. The minimum Gasteiger partial charge on any atom is -0.381 e. The van der Waals surface area contributed by atoms with Crippen molar-refractivity contribution in [1.29, 1.82) is 0 Å². The lowest BCUT2D eigenvalue weighted by atomic mass is 10.1. The Labute approximate surface area is 107 Å². The molecule has 1 aliphatic rings. The Morgan fingerprint density at radius 3 is 2.83 bits per heavy atom. The maximum atomic E-state index is 5.49. The smallest absolute Gasteiger partial charge is 0.204 e. The van der Waals surface area contributed by atoms with Gasteiger partial charge in [-0.05, 0) is 20.3 Å². The van der Waals surface area contributed by atoms with Crippen LogP contribution in [-0.2, 0) is 20.8 Å². The van der Waals surface area contributed by atoms with Crippen molar-refractivity contribution in [2.24, 2.45) is 5.92 Å². The minimum absolute atomic E-state index is 0.409. The van der Waals surface area contributed by atoms with Crippen LogP contribution in [0, 0.1) is 5.92 Å². The van der Waals surface area contributed by atoms with E-state index in [1.54, 1.807) is 0 Å². The topological polar surface area (TPSA) is 58.4 Å². The summed E-state index contributed by atoms with van der Waals surface area (Å²) in [6, 6.07) is 0. The van der Waals surface area contributed by atoms with Gasteiger partial charge in [0.05, 0.1) is 12.8 Å². The third kappa shape index (κ3) is 3.51. The molecular weight excluding hydrogens is 234 g/mol. The van der Waals surface area contributed by atoms with Gasteiger partial charge in [-0.15, -0.1) is 5.10 Å². The van der Waals surface area contributed by atoms with Crippen molar-refractivity contribution in [2.45, 2.75) is 33.1 Å². The molecule has 1 unspecified atom stereocenters. The van der Waals surface area contributed by atoms with Crippen LogP contribution < -0.4 is 0 Å². The van der Waals surface area contributed by atoms with E-state index in [4.69, 9.17) is 14.2 Å². The molecule has 0 spiro atoms. The molecule has 1 saturated heterocycles. The molecule has 1 aliphatic heterocycles. The molecule has 0 amide bonds. The summed E-state index contributed by atoms with van der Waals surface area (Å²) in [6.07, 6.45) is 2.58. The number of hydrogen-bond donors (Lipinski definition) is 0. The van der Waals surface area contributed by atoms with Crippen molar-refractivity contribution in [3.05, 3.63) is 11.9 Å². The number of hydrogen-bond acceptors (Lipinski definition) is 5. The molecule has 2 rings (SSSR count). The SMILES string of the molecule is CCOC(OCC)c1cn(CC2CCOC2)nn1. The molecule has 0 aliphatic carbocycles. The van der Waals surface area contributed by atoms with Gasteiger partial charge in [0.1, 0.15) is 5.69 Å². The van der Waals surface area contributed by atoms with Crippen molar-refractivity contribution in [2.75, 3.05) is 26.4 Å². The number of ether oxygens (including phenoxy) is 3. The quantitative estimate of drug-likeness (QED) is 0.689. The zero-order chi connectivity index (χ0) is 12.8. The predicted molar refractivity (Wildman–Crippen MR) is 64.9 cm³/mol. The second-order valence-electron chi connectivity index (χ2n) is 4.34. The Bertz CT molecular complexity index is 344. The highest BCUT2D eigenvalue weighted by Crippen LogP contribution is 2.18. The van der Waals surface area contributed by atoms with E-state index in [1.165, 1.54) is 0 Å². The van der Waals surface area contributed by atoms with E-state index in [9.17, 15) is 0 Å². The second kappa shape index (κ2) is 6.82. The summed E-state index contributed by atoms with van der Waals surface area (Å²) in [7, 11) is 0. The van der Waals surface area contributed by atoms with Gasteiger partial charge >= 0.3 is 0 Å². The van der Waals surface area contributed by atoms with Crippen LogP contribution in [0.15, 0.2) is 6.20 Å². The normalized spacial score (nSPS) is 19.8. The van der Waals surface area contributed by atoms with Gasteiger partial charge in [0.15, 0.2) is 0 Å². The van der Waals surface area contributed by atoms with Gasteiger partial charge in [-0.3, -0.25) is 4.68 Å². The van der Waals surface area contributed by atoms with Gasteiger partial charge in [0, 0.05) is 32.3 Å². The monoisotopic (exact) mass is 255 g/mol. The molecule has 102 valence electrons. The van der Waals surface area contributed by atoms with Crippen LogP contribution in [-0.4, -0.2) is 41.4 Å². The Hall–Kier alpha value is -0.980. The fourth-order valence-electron chi connectivity index (χ4n) is 2.02. The first-order valence-corrected chi connectivity index (χ1v) is 6.54. The average molecular weight is 255 g/mol. The lowest BCUT2D eigenvalue weighted by Crippen LogP contribution is -2.11. The van der Waals surface area contributed by atoms with Crippen LogP contribution in [0.4, 0.5) is 0 Å². The molecule has 1 atom stereocenters. The van der Waals surface area contributed by atoms with Crippen LogP contribution in [0.25, 0.3) is 0 Å². The fourth-order valence-corrected chi connectivity index (χ4v) is 2.02. The molecule has 1 aromatic heterocycles. The maximum absolute atomic E-state index is 5.49. The average Bonchev–Trinajstić information content (AvgIpc) is 3.01. The van der Waals surface area contributed by atoms with E-state index >= 15 is 0 Å². The molecule has 2 heterocycles. The Morgan fingerprint density at radius 2 is 2.22 bits per heavy atom. The molecule has 0 bridgehead atoms. The molecule has 1 aromatic rings. The first-order valence-electron chi connectivity index (χ1n) is 6.54. The molecule has 0 radical (unpaired) electrons. The van der Waals surface area contributed by atoms with Crippen LogP contribution in [0.5, 0.6) is 0 Å². The molecule has 1 fully saturated rings. The summed E-state index contributed by atoms with van der Waals surface area (Å²) in [5, 5.41) is 8.23. The summed E-state index contributed by atoms with van der Waals surface area (Å²) in [6.45, 7) is 7.57. The lowest BCUT2D eigenvalue weighted by molar-refractivity contribution is -0.142. The summed E-state index contributed by atoms with van der Waals surface area (Å²) < 4.78 is 18.2. The second-order valence-corrected chi connectivity index (χ2v) is 4.34. The zero-order valence-corrected chi connectivity index (χ0v) is 11.0. The third-order valence-electron chi connectivity index (χ3n) is 2.90. The van der Waals surface area contributed by atoms with Crippen LogP contribution in [0.2, 0.25) is 0 Å². The van der Waals surface area contributed by atoms with E-state index in [0.29, 0.717) is 19.1 Å². The molecule has 18 heavy (non-hydrogen) atoms. The maximum Gasteiger partial charge on any atom is 0.204 e. The molecule has 0 saturated carbocycles. The zero-order valence-electron chi connectivity index (χ0n) is 11.0. The summed E-state index contributed by atoms with van der Waals surface area (Å²) in [5.41, 5.74) is 0.734. The molecule has 0 aromatic carbocycles. The van der Waals surface area contributed by atoms with Gasteiger partial charge in [0.25, 0.3) is 0 Å². The van der Waals surface area contributed by atoms with Crippen molar-refractivity contribution in [3.8, 4) is 0 Å². The highest BCUT2D eigenvalue weighted by Gasteiger charge is 2.19. The van der Waals surface area contributed by atoms with E-state index in [1.807, 2.05) is 24.7 Å². The van der Waals surface area contributed by atoms with E-state index in [0.717, 1.165) is 31.9 Å². The first-order chi connectivity index (χ1) is 8.83. The van der Waals surface area contributed by atoms with E-state index < -0.39 is 6.29 Å². The largest absolute Gasteiger partial charge is 0.381 e. The van der Waals surface area contributed by atoms with E-state index in [2.05, 4.69) is 10.3 Å². The summed E-state index contributed by atoms with van der Waals surface area (Å²) in [4.78, 5) is 0. The van der Waals surface area contributed by atoms with Crippen LogP contribution in [0.1, 0.15) is 32.3 Å². The van der Waals surface area contributed by atoms with Gasteiger partial charge in [-0.1, -0.05) is 5.21 Å². The van der Waals surface area contributed by atoms with Gasteiger partial charge < -0.3 is 14.2 Å². The predicted octanol–water partition coefficient (Wildman–Crippen LogP) is 1.39. The number of nitrogens with zero attached hydrogens (tertiary/aromatic N) is 3.